The predicted octanol–water partition coefficient (Wildman–Crippen LogP) is 3.82. The summed E-state index contributed by atoms with van der Waals surface area (Å²) in [6, 6.07) is 6.66. The van der Waals surface area contributed by atoms with Gasteiger partial charge in [-0.1, -0.05) is 11.6 Å². The molecule has 26 heavy (non-hydrogen) atoms. The van der Waals surface area contributed by atoms with Crippen molar-refractivity contribution < 1.29 is 13.6 Å². The number of thiophene rings is 1. The van der Waals surface area contributed by atoms with Crippen LogP contribution in [0.15, 0.2) is 30.3 Å². The van der Waals surface area contributed by atoms with Gasteiger partial charge in [-0.15, -0.1) is 11.3 Å². The average Bonchev–Trinajstić information content (AvgIpc) is 3.02. The van der Waals surface area contributed by atoms with Crippen molar-refractivity contribution in [2.24, 2.45) is 0 Å². The van der Waals surface area contributed by atoms with E-state index in [1.165, 1.54) is 10.9 Å². The Morgan fingerprint density at radius 3 is 2.58 bits per heavy atom. The van der Waals surface area contributed by atoms with Crippen molar-refractivity contribution in [2.45, 2.75) is 19.5 Å². The molecule has 8 heteroatoms. The number of carbonyl (C=O) groups excluding carboxylic acids is 1. The van der Waals surface area contributed by atoms with Gasteiger partial charge in [-0.05, 0) is 31.2 Å². The Morgan fingerprint density at radius 2 is 1.96 bits per heavy atom. The molecule has 1 aromatic carbocycles. The van der Waals surface area contributed by atoms with Crippen molar-refractivity contribution in [1.29, 1.82) is 0 Å². The number of rotatable bonds is 5. The molecule has 1 atom stereocenters. The van der Waals surface area contributed by atoms with Crippen molar-refractivity contribution >= 4 is 34.5 Å². The molecule has 1 aliphatic heterocycles. The summed E-state index contributed by atoms with van der Waals surface area (Å²) in [5, 5.41) is 2.54. The summed E-state index contributed by atoms with van der Waals surface area (Å²) in [5.41, 5.74) is -0.00328. The first kappa shape index (κ1) is 19.2. The number of hydrogen-bond acceptors (Lipinski definition) is 4. The Kier molecular flexibility index (Phi) is 6.24. The van der Waals surface area contributed by atoms with Gasteiger partial charge in [0.25, 0.3) is 0 Å². The first-order chi connectivity index (χ1) is 12.4. The minimum atomic E-state index is -0.773. The number of carbonyl (C=O) groups is 1. The fraction of sp³-hybridized carbons (Fsp3) is 0.389. The largest absolute Gasteiger partial charge is 0.322 e. The fourth-order valence-corrected chi connectivity index (χ4v) is 4.09. The topological polar surface area (TPSA) is 35.6 Å². The molecule has 0 spiro atoms. The fourth-order valence-electron chi connectivity index (χ4n) is 2.96. The third-order valence-electron chi connectivity index (χ3n) is 4.53. The number of halogens is 3. The number of amides is 1. The monoisotopic (exact) mass is 399 g/mol. The van der Waals surface area contributed by atoms with Crippen LogP contribution in [0.2, 0.25) is 4.34 Å². The van der Waals surface area contributed by atoms with E-state index in [0.29, 0.717) is 0 Å². The molecule has 1 N–H and O–H groups in total. The molecule has 0 saturated carbocycles. The molecule has 0 bridgehead atoms. The lowest BCUT2D eigenvalue weighted by Gasteiger charge is -2.37. The van der Waals surface area contributed by atoms with E-state index in [1.807, 2.05) is 12.1 Å². The lowest BCUT2D eigenvalue weighted by Crippen LogP contribution is -2.52. The second kappa shape index (κ2) is 8.43. The highest BCUT2D eigenvalue weighted by Crippen LogP contribution is 2.23. The Labute approximate surface area is 160 Å². The standard InChI is InChI=1S/C18H20ClF2N3OS/c1-12(18(25)22-16-4-2-13(20)10-15(16)21)24-8-6-23(7-9-24)11-14-3-5-17(19)26-14/h2-5,10,12H,6-9,11H2,1H3,(H,22,25). The van der Waals surface area contributed by atoms with Gasteiger partial charge in [0.05, 0.1) is 16.1 Å². The average molecular weight is 400 g/mol. The van der Waals surface area contributed by atoms with E-state index in [1.54, 1.807) is 18.3 Å². The highest BCUT2D eigenvalue weighted by Gasteiger charge is 2.26. The molecule has 0 radical (unpaired) electrons. The van der Waals surface area contributed by atoms with Crippen molar-refractivity contribution in [3.05, 3.63) is 51.2 Å². The summed E-state index contributed by atoms with van der Waals surface area (Å²) in [5.74, 6) is -1.74. The summed E-state index contributed by atoms with van der Waals surface area (Å²) in [4.78, 5) is 18.0. The van der Waals surface area contributed by atoms with E-state index >= 15 is 0 Å². The second-order valence-electron chi connectivity index (χ2n) is 6.31. The first-order valence-electron chi connectivity index (χ1n) is 8.39. The van der Waals surface area contributed by atoms with E-state index in [2.05, 4.69) is 15.1 Å². The van der Waals surface area contributed by atoms with Crippen LogP contribution in [0.5, 0.6) is 0 Å². The normalized spacial score (nSPS) is 17.2. The quantitative estimate of drug-likeness (QED) is 0.830. The maximum Gasteiger partial charge on any atom is 0.241 e. The van der Waals surface area contributed by atoms with Gasteiger partial charge in [-0.2, -0.15) is 0 Å². The van der Waals surface area contributed by atoms with Gasteiger partial charge in [-0.25, -0.2) is 8.78 Å². The Hall–Kier alpha value is -1.54. The van der Waals surface area contributed by atoms with Gasteiger partial charge in [0.2, 0.25) is 5.91 Å². The van der Waals surface area contributed by atoms with E-state index in [4.69, 9.17) is 11.6 Å². The molecular weight excluding hydrogens is 380 g/mol. The minimum Gasteiger partial charge on any atom is -0.322 e. The molecule has 1 unspecified atom stereocenters. The lowest BCUT2D eigenvalue weighted by molar-refractivity contribution is -0.121. The molecule has 4 nitrogen and oxygen atoms in total. The Bertz CT molecular complexity index is 778. The van der Waals surface area contributed by atoms with Gasteiger partial charge >= 0.3 is 0 Å². The van der Waals surface area contributed by atoms with Gasteiger partial charge in [0, 0.05) is 43.7 Å². The van der Waals surface area contributed by atoms with Crippen LogP contribution in [0.1, 0.15) is 11.8 Å². The molecule has 0 aliphatic carbocycles. The van der Waals surface area contributed by atoms with E-state index in [0.717, 1.165) is 49.2 Å². The zero-order valence-electron chi connectivity index (χ0n) is 14.3. The number of nitrogens with one attached hydrogen (secondary N) is 1. The molecular formula is C18H20ClF2N3OS. The molecule has 2 aromatic rings. The summed E-state index contributed by atoms with van der Waals surface area (Å²) in [6.45, 7) is 5.84. The summed E-state index contributed by atoms with van der Waals surface area (Å²) in [6.07, 6.45) is 0. The highest BCUT2D eigenvalue weighted by molar-refractivity contribution is 7.16. The molecule has 1 aliphatic rings. The van der Waals surface area contributed by atoms with Crippen LogP contribution in [0.4, 0.5) is 14.5 Å². The van der Waals surface area contributed by atoms with Crippen LogP contribution in [0.3, 0.4) is 0 Å². The van der Waals surface area contributed by atoms with E-state index in [9.17, 15) is 13.6 Å². The van der Waals surface area contributed by atoms with Crippen LogP contribution in [0, 0.1) is 11.6 Å². The lowest BCUT2D eigenvalue weighted by atomic mass is 10.2. The smallest absolute Gasteiger partial charge is 0.241 e. The maximum atomic E-state index is 13.7. The summed E-state index contributed by atoms with van der Waals surface area (Å²) >= 11 is 7.54. The molecule has 2 heterocycles. The second-order valence-corrected chi connectivity index (χ2v) is 8.11. The number of hydrogen-bond donors (Lipinski definition) is 1. The van der Waals surface area contributed by atoms with Gasteiger partial charge in [-0.3, -0.25) is 14.6 Å². The zero-order valence-corrected chi connectivity index (χ0v) is 15.9. The molecule has 1 fully saturated rings. The first-order valence-corrected chi connectivity index (χ1v) is 9.58. The Balaban J connectivity index is 1.51. The van der Waals surface area contributed by atoms with Gasteiger partial charge < -0.3 is 5.32 Å². The molecule has 1 amide bonds. The van der Waals surface area contributed by atoms with Gasteiger partial charge in [0.15, 0.2) is 0 Å². The van der Waals surface area contributed by atoms with Crippen LogP contribution < -0.4 is 5.32 Å². The minimum absolute atomic E-state index is 0.00328. The third-order valence-corrected chi connectivity index (χ3v) is 5.75. The van der Waals surface area contributed by atoms with Crippen molar-refractivity contribution in [2.75, 3.05) is 31.5 Å². The summed E-state index contributed by atoms with van der Waals surface area (Å²) in [7, 11) is 0. The van der Waals surface area contributed by atoms with Crippen molar-refractivity contribution in [3.63, 3.8) is 0 Å². The third kappa shape index (κ3) is 4.79. The number of benzene rings is 1. The van der Waals surface area contributed by atoms with Crippen molar-refractivity contribution in [1.82, 2.24) is 9.80 Å². The predicted molar refractivity (Wildman–Crippen MR) is 101 cm³/mol. The molecule has 1 saturated heterocycles. The number of anilines is 1. The maximum absolute atomic E-state index is 13.7. The molecule has 140 valence electrons. The zero-order chi connectivity index (χ0) is 18.7. The molecule has 1 aromatic heterocycles. The van der Waals surface area contributed by atoms with Crippen LogP contribution in [0.25, 0.3) is 0 Å². The molecule has 3 rings (SSSR count). The van der Waals surface area contributed by atoms with Gasteiger partial charge in [0.1, 0.15) is 11.6 Å². The SMILES string of the molecule is CC(C(=O)Nc1ccc(F)cc1F)N1CCN(Cc2ccc(Cl)s2)CC1. The van der Waals surface area contributed by atoms with Crippen LogP contribution in [-0.2, 0) is 11.3 Å². The van der Waals surface area contributed by atoms with Crippen LogP contribution in [-0.4, -0.2) is 47.9 Å². The number of nitrogens with zero attached hydrogens (tertiary/aromatic N) is 2. The highest BCUT2D eigenvalue weighted by atomic mass is 35.5. The summed E-state index contributed by atoms with van der Waals surface area (Å²) < 4.78 is 27.4. The van der Waals surface area contributed by atoms with E-state index < -0.39 is 17.7 Å². The van der Waals surface area contributed by atoms with E-state index in [-0.39, 0.29) is 11.6 Å². The van der Waals surface area contributed by atoms with Crippen molar-refractivity contribution in [3.8, 4) is 0 Å². The number of piperazine rings is 1. The Morgan fingerprint density at radius 1 is 1.23 bits per heavy atom. The van der Waals surface area contributed by atoms with Crippen LogP contribution >= 0.6 is 22.9 Å².